The van der Waals surface area contributed by atoms with E-state index >= 15 is 0 Å². The van der Waals surface area contributed by atoms with E-state index in [1.54, 1.807) is 0 Å². The molecule has 0 aromatic rings. The van der Waals surface area contributed by atoms with Crippen molar-refractivity contribution in [1.29, 1.82) is 0 Å². The first-order chi connectivity index (χ1) is 12.4. The maximum atomic E-state index is 12.9. The molecule has 2 aliphatic heterocycles. The molecule has 1 atom stereocenters. The van der Waals surface area contributed by atoms with E-state index in [0.29, 0.717) is 26.2 Å². The van der Waals surface area contributed by atoms with Gasteiger partial charge in [-0.3, -0.25) is 9.89 Å². The third-order valence-electron chi connectivity index (χ3n) is 5.31. The Labute approximate surface area is 178 Å². The van der Waals surface area contributed by atoms with Crippen LogP contribution in [0.4, 0.5) is 13.2 Å². The van der Waals surface area contributed by atoms with Gasteiger partial charge in [0, 0.05) is 39.3 Å². The lowest BCUT2D eigenvalue weighted by Crippen LogP contribution is -2.56. The second-order valence-electron chi connectivity index (χ2n) is 7.23. The average molecular weight is 505 g/mol. The number of piperazine rings is 1. The van der Waals surface area contributed by atoms with Crippen LogP contribution in [-0.2, 0) is 0 Å². The fourth-order valence-corrected chi connectivity index (χ4v) is 3.59. The molecular formula is C18H35F3IN5. The molecule has 0 aromatic carbocycles. The highest BCUT2D eigenvalue weighted by Gasteiger charge is 2.41. The van der Waals surface area contributed by atoms with Gasteiger partial charge in [-0.2, -0.15) is 13.2 Å². The Hall–Kier alpha value is -0.290. The molecule has 5 nitrogen and oxygen atoms in total. The van der Waals surface area contributed by atoms with Crippen LogP contribution in [0.5, 0.6) is 0 Å². The summed E-state index contributed by atoms with van der Waals surface area (Å²) in [6.07, 6.45) is 0.690. The van der Waals surface area contributed by atoms with Gasteiger partial charge in [0.25, 0.3) is 0 Å². The Kier molecular flexibility index (Phi) is 11.3. The minimum absolute atomic E-state index is 0. The van der Waals surface area contributed by atoms with Crippen molar-refractivity contribution in [1.82, 2.24) is 20.0 Å². The zero-order chi connectivity index (χ0) is 19.0. The van der Waals surface area contributed by atoms with Gasteiger partial charge in [0.1, 0.15) is 6.04 Å². The van der Waals surface area contributed by atoms with Crippen molar-refractivity contribution in [2.24, 2.45) is 4.99 Å². The normalized spacial score (nSPS) is 21.2. The number of rotatable bonds is 7. The second kappa shape index (κ2) is 12.3. The number of guanidine groups is 1. The standard InChI is InChI=1S/C18H34F3N5.HI/c1-3-22-17(23-8-4-5-9-24-10-6-7-11-24)26-14-12-25(13-15-26)16(2)18(19,20)21;/h16H,3-15H2,1-2H3,(H,22,23);1H. The first-order valence-corrected chi connectivity index (χ1v) is 9.98. The molecule has 160 valence electrons. The number of aliphatic imine (C=N–C) groups is 1. The van der Waals surface area contributed by atoms with Crippen LogP contribution >= 0.6 is 24.0 Å². The Bertz CT molecular complexity index is 433. The lowest BCUT2D eigenvalue weighted by molar-refractivity contribution is -0.181. The molecule has 0 bridgehead atoms. The van der Waals surface area contributed by atoms with Crippen molar-refractivity contribution in [3.8, 4) is 0 Å². The van der Waals surface area contributed by atoms with Crippen molar-refractivity contribution in [2.75, 3.05) is 58.9 Å². The Balaban J connectivity index is 0.00000364. The van der Waals surface area contributed by atoms with Gasteiger partial charge in [0.2, 0.25) is 0 Å². The quantitative estimate of drug-likeness (QED) is 0.250. The molecule has 1 N–H and O–H groups in total. The molecule has 0 aromatic heterocycles. The average Bonchev–Trinajstić information content (AvgIpc) is 3.13. The van der Waals surface area contributed by atoms with E-state index in [0.717, 1.165) is 38.4 Å². The van der Waals surface area contributed by atoms with Crippen LogP contribution in [0.25, 0.3) is 0 Å². The maximum absolute atomic E-state index is 12.9. The fraction of sp³-hybridized carbons (Fsp3) is 0.944. The Morgan fingerprint density at radius 1 is 1.04 bits per heavy atom. The molecule has 9 heteroatoms. The first kappa shape index (κ1) is 24.7. The van der Waals surface area contributed by atoms with E-state index in [-0.39, 0.29) is 24.0 Å². The smallest absolute Gasteiger partial charge is 0.357 e. The summed E-state index contributed by atoms with van der Waals surface area (Å²) in [4.78, 5) is 10.8. The topological polar surface area (TPSA) is 34.1 Å². The molecule has 2 fully saturated rings. The molecule has 2 aliphatic rings. The summed E-state index contributed by atoms with van der Waals surface area (Å²) in [5.41, 5.74) is 0. The Morgan fingerprint density at radius 3 is 2.22 bits per heavy atom. The largest absolute Gasteiger partial charge is 0.403 e. The third kappa shape index (κ3) is 8.31. The van der Waals surface area contributed by atoms with Crippen LogP contribution < -0.4 is 5.32 Å². The molecule has 2 saturated heterocycles. The highest BCUT2D eigenvalue weighted by molar-refractivity contribution is 14.0. The fourth-order valence-electron chi connectivity index (χ4n) is 3.59. The van der Waals surface area contributed by atoms with E-state index < -0.39 is 12.2 Å². The molecule has 0 amide bonds. The molecule has 27 heavy (non-hydrogen) atoms. The molecule has 2 heterocycles. The highest BCUT2D eigenvalue weighted by atomic mass is 127. The minimum atomic E-state index is -4.16. The molecule has 0 aliphatic carbocycles. The summed E-state index contributed by atoms with van der Waals surface area (Å²) < 4.78 is 38.6. The van der Waals surface area contributed by atoms with E-state index in [1.165, 1.54) is 37.8 Å². The number of alkyl halides is 3. The number of likely N-dealkylation sites (tertiary alicyclic amines) is 1. The number of hydrogen-bond acceptors (Lipinski definition) is 3. The van der Waals surface area contributed by atoms with Crippen molar-refractivity contribution in [3.05, 3.63) is 0 Å². The maximum Gasteiger partial charge on any atom is 0.403 e. The van der Waals surface area contributed by atoms with E-state index in [9.17, 15) is 13.2 Å². The third-order valence-corrected chi connectivity index (χ3v) is 5.31. The van der Waals surface area contributed by atoms with Gasteiger partial charge in [0.05, 0.1) is 0 Å². The summed E-state index contributed by atoms with van der Waals surface area (Å²) in [5, 5.41) is 3.28. The summed E-state index contributed by atoms with van der Waals surface area (Å²) in [7, 11) is 0. The van der Waals surface area contributed by atoms with Gasteiger partial charge in [-0.25, -0.2) is 0 Å². The number of nitrogens with one attached hydrogen (secondary N) is 1. The number of nitrogens with zero attached hydrogens (tertiary/aromatic N) is 4. The van der Waals surface area contributed by atoms with Gasteiger partial charge in [-0.05, 0) is 59.2 Å². The summed E-state index contributed by atoms with van der Waals surface area (Å²) >= 11 is 0. The zero-order valence-electron chi connectivity index (χ0n) is 16.6. The second-order valence-corrected chi connectivity index (χ2v) is 7.23. The number of unbranched alkanes of at least 4 members (excludes halogenated alkanes) is 1. The Morgan fingerprint density at radius 2 is 1.67 bits per heavy atom. The molecule has 0 saturated carbocycles. The monoisotopic (exact) mass is 505 g/mol. The summed E-state index contributed by atoms with van der Waals surface area (Å²) in [5.74, 6) is 0.841. The van der Waals surface area contributed by atoms with Crippen molar-refractivity contribution < 1.29 is 13.2 Å². The lowest BCUT2D eigenvalue weighted by Gasteiger charge is -2.39. The van der Waals surface area contributed by atoms with Crippen LogP contribution in [-0.4, -0.2) is 91.8 Å². The first-order valence-electron chi connectivity index (χ1n) is 9.98. The van der Waals surface area contributed by atoms with E-state index in [2.05, 4.69) is 15.1 Å². The van der Waals surface area contributed by atoms with Crippen molar-refractivity contribution in [2.45, 2.75) is 51.7 Å². The summed E-state index contributed by atoms with van der Waals surface area (Å²) in [6, 6.07) is -1.38. The van der Waals surface area contributed by atoms with E-state index in [1.807, 2.05) is 6.92 Å². The molecule has 0 radical (unpaired) electrons. The van der Waals surface area contributed by atoms with Gasteiger partial charge in [-0.15, -0.1) is 24.0 Å². The highest BCUT2D eigenvalue weighted by Crippen LogP contribution is 2.25. The van der Waals surface area contributed by atoms with Crippen molar-refractivity contribution >= 4 is 29.9 Å². The van der Waals surface area contributed by atoms with Gasteiger partial charge >= 0.3 is 6.18 Å². The van der Waals surface area contributed by atoms with Gasteiger partial charge in [0.15, 0.2) is 5.96 Å². The molecule has 0 spiro atoms. The molecule has 2 rings (SSSR count). The van der Waals surface area contributed by atoms with Crippen LogP contribution in [0.1, 0.15) is 39.5 Å². The van der Waals surface area contributed by atoms with Crippen LogP contribution in [0.15, 0.2) is 4.99 Å². The molecule has 1 unspecified atom stereocenters. The molecular weight excluding hydrogens is 470 g/mol. The van der Waals surface area contributed by atoms with Crippen LogP contribution in [0, 0.1) is 0 Å². The van der Waals surface area contributed by atoms with Crippen molar-refractivity contribution in [3.63, 3.8) is 0 Å². The van der Waals surface area contributed by atoms with E-state index in [4.69, 9.17) is 4.99 Å². The van der Waals surface area contributed by atoms with Crippen LogP contribution in [0.3, 0.4) is 0 Å². The predicted molar refractivity (Wildman–Crippen MR) is 115 cm³/mol. The number of halogens is 4. The lowest BCUT2D eigenvalue weighted by atomic mass is 10.2. The predicted octanol–water partition coefficient (Wildman–Crippen LogP) is 3.01. The SMILES string of the molecule is CCNC(=NCCCCN1CCCC1)N1CCN(C(C)C(F)(F)F)CC1.I. The number of hydrogen-bond donors (Lipinski definition) is 1. The van der Waals surface area contributed by atoms with Crippen LogP contribution in [0.2, 0.25) is 0 Å². The zero-order valence-corrected chi connectivity index (χ0v) is 18.9. The van der Waals surface area contributed by atoms with Gasteiger partial charge < -0.3 is 15.1 Å². The minimum Gasteiger partial charge on any atom is -0.357 e. The van der Waals surface area contributed by atoms with Gasteiger partial charge in [-0.1, -0.05) is 0 Å². The summed E-state index contributed by atoms with van der Waals surface area (Å²) in [6.45, 7) is 10.4.